The fourth-order valence-corrected chi connectivity index (χ4v) is 3.59. The second kappa shape index (κ2) is 6.76. The summed E-state index contributed by atoms with van der Waals surface area (Å²) in [4.78, 5) is 0. The van der Waals surface area contributed by atoms with E-state index in [4.69, 9.17) is 0 Å². The van der Waals surface area contributed by atoms with Crippen LogP contribution < -0.4 is 4.72 Å². The lowest BCUT2D eigenvalue weighted by Crippen LogP contribution is -2.20. The standard InChI is InChI=1S/C15H21N3O2S/c1-3-9-18-11-15(10-16-18)17-21(19,20)12-13(2)14-7-5-4-6-8-14/h4-8,10-11,13,17H,3,9,12H2,1-2H3/t13-/m0/s1. The maximum atomic E-state index is 12.2. The predicted octanol–water partition coefficient (Wildman–Crippen LogP) is 2.84. The molecular formula is C15H21N3O2S. The van der Waals surface area contributed by atoms with Crippen LogP contribution in [-0.4, -0.2) is 24.0 Å². The van der Waals surface area contributed by atoms with Gasteiger partial charge in [-0.3, -0.25) is 9.40 Å². The number of hydrogen-bond donors (Lipinski definition) is 1. The molecule has 0 amide bonds. The number of rotatable bonds is 7. The monoisotopic (exact) mass is 307 g/mol. The molecule has 114 valence electrons. The van der Waals surface area contributed by atoms with Gasteiger partial charge in [-0.25, -0.2) is 8.42 Å². The van der Waals surface area contributed by atoms with Crippen molar-refractivity contribution in [3.8, 4) is 0 Å². The first-order valence-electron chi connectivity index (χ1n) is 7.08. The van der Waals surface area contributed by atoms with Crippen LogP contribution in [0.5, 0.6) is 0 Å². The quantitative estimate of drug-likeness (QED) is 0.855. The molecule has 0 aliphatic heterocycles. The maximum absolute atomic E-state index is 12.2. The molecule has 0 radical (unpaired) electrons. The zero-order valence-corrected chi connectivity index (χ0v) is 13.2. The van der Waals surface area contributed by atoms with Crippen LogP contribution >= 0.6 is 0 Å². The van der Waals surface area contributed by atoms with E-state index in [1.807, 2.05) is 44.2 Å². The molecule has 0 aliphatic rings. The Morgan fingerprint density at radius 3 is 2.67 bits per heavy atom. The number of aromatic nitrogens is 2. The molecule has 1 atom stereocenters. The molecule has 21 heavy (non-hydrogen) atoms. The molecule has 1 N–H and O–H groups in total. The fraction of sp³-hybridized carbons (Fsp3) is 0.400. The van der Waals surface area contributed by atoms with E-state index < -0.39 is 10.0 Å². The van der Waals surface area contributed by atoms with E-state index in [0.717, 1.165) is 18.5 Å². The van der Waals surface area contributed by atoms with Crippen molar-refractivity contribution in [3.63, 3.8) is 0 Å². The molecule has 2 rings (SSSR count). The van der Waals surface area contributed by atoms with Crippen LogP contribution in [0.1, 0.15) is 31.7 Å². The van der Waals surface area contributed by atoms with Crippen molar-refractivity contribution >= 4 is 15.7 Å². The number of benzene rings is 1. The Balaban J connectivity index is 2.01. The summed E-state index contributed by atoms with van der Waals surface area (Å²) in [5, 5.41) is 4.12. The first kappa shape index (κ1) is 15.6. The van der Waals surface area contributed by atoms with Gasteiger partial charge in [-0.1, -0.05) is 44.2 Å². The number of nitrogens with zero attached hydrogens (tertiary/aromatic N) is 2. The summed E-state index contributed by atoms with van der Waals surface area (Å²) in [7, 11) is -3.39. The summed E-state index contributed by atoms with van der Waals surface area (Å²) in [5.74, 6) is -0.00919. The molecule has 0 bridgehead atoms. The minimum atomic E-state index is -3.39. The van der Waals surface area contributed by atoms with E-state index in [-0.39, 0.29) is 11.7 Å². The van der Waals surface area contributed by atoms with Crippen LogP contribution in [0.4, 0.5) is 5.69 Å². The van der Waals surface area contributed by atoms with E-state index in [1.165, 1.54) is 0 Å². The Morgan fingerprint density at radius 2 is 2.00 bits per heavy atom. The number of nitrogens with one attached hydrogen (secondary N) is 1. The number of sulfonamides is 1. The summed E-state index contributed by atoms with van der Waals surface area (Å²) < 4.78 is 28.7. The Kier molecular flexibility index (Phi) is 5.01. The summed E-state index contributed by atoms with van der Waals surface area (Å²) in [6.45, 7) is 4.74. The smallest absolute Gasteiger partial charge is 0.233 e. The number of anilines is 1. The molecule has 2 aromatic rings. The Hall–Kier alpha value is -1.82. The van der Waals surface area contributed by atoms with Crippen molar-refractivity contribution in [1.29, 1.82) is 0 Å². The molecule has 5 nitrogen and oxygen atoms in total. The lowest BCUT2D eigenvalue weighted by Gasteiger charge is -2.13. The summed E-state index contributed by atoms with van der Waals surface area (Å²) in [6.07, 6.45) is 4.22. The molecule has 6 heteroatoms. The zero-order valence-electron chi connectivity index (χ0n) is 12.4. The van der Waals surface area contributed by atoms with Gasteiger partial charge in [-0.15, -0.1) is 0 Å². The van der Waals surface area contributed by atoms with E-state index in [0.29, 0.717) is 5.69 Å². The molecule has 0 spiro atoms. The Labute approximate surface area is 126 Å². The number of hydrogen-bond acceptors (Lipinski definition) is 3. The van der Waals surface area contributed by atoms with E-state index >= 15 is 0 Å². The third kappa shape index (κ3) is 4.60. The molecule has 1 aromatic heterocycles. The minimum Gasteiger partial charge on any atom is -0.280 e. The van der Waals surface area contributed by atoms with Gasteiger partial charge in [0.2, 0.25) is 10.0 Å². The third-order valence-electron chi connectivity index (χ3n) is 3.20. The molecule has 0 saturated heterocycles. The van der Waals surface area contributed by atoms with Crippen LogP contribution in [0, 0.1) is 0 Å². The van der Waals surface area contributed by atoms with Crippen molar-refractivity contribution in [2.45, 2.75) is 32.7 Å². The van der Waals surface area contributed by atoms with Gasteiger partial charge in [-0.05, 0) is 17.9 Å². The molecule has 0 fully saturated rings. The Morgan fingerprint density at radius 1 is 1.29 bits per heavy atom. The van der Waals surface area contributed by atoms with Gasteiger partial charge in [0.05, 0.1) is 17.6 Å². The van der Waals surface area contributed by atoms with E-state index in [2.05, 4.69) is 9.82 Å². The molecule has 0 aliphatic carbocycles. The van der Waals surface area contributed by atoms with Gasteiger partial charge >= 0.3 is 0 Å². The largest absolute Gasteiger partial charge is 0.280 e. The van der Waals surface area contributed by atoms with Gasteiger partial charge in [0.1, 0.15) is 0 Å². The summed E-state index contributed by atoms with van der Waals surface area (Å²) >= 11 is 0. The molecular weight excluding hydrogens is 286 g/mol. The van der Waals surface area contributed by atoms with Gasteiger partial charge in [0.25, 0.3) is 0 Å². The lowest BCUT2D eigenvalue weighted by molar-refractivity contribution is 0.595. The average Bonchev–Trinajstić information content (AvgIpc) is 2.86. The summed E-state index contributed by atoms with van der Waals surface area (Å²) in [5.41, 5.74) is 1.54. The highest BCUT2D eigenvalue weighted by Crippen LogP contribution is 2.18. The normalized spacial score (nSPS) is 13.0. The van der Waals surface area contributed by atoms with Crippen LogP contribution in [-0.2, 0) is 16.6 Å². The average molecular weight is 307 g/mol. The molecule has 0 unspecified atom stereocenters. The van der Waals surface area contributed by atoms with Crippen molar-refractivity contribution in [3.05, 3.63) is 48.3 Å². The molecule has 0 saturated carbocycles. The highest BCUT2D eigenvalue weighted by Gasteiger charge is 2.17. The zero-order chi connectivity index (χ0) is 15.3. The lowest BCUT2D eigenvalue weighted by atomic mass is 10.0. The fourth-order valence-electron chi connectivity index (χ4n) is 2.20. The summed E-state index contributed by atoms with van der Waals surface area (Å²) in [6, 6.07) is 9.64. The maximum Gasteiger partial charge on any atom is 0.233 e. The van der Waals surface area contributed by atoms with Crippen LogP contribution in [0.25, 0.3) is 0 Å². The topological polar surface area (TPSA) is 64.0 Å². The van der Waals surface area contributed by atoms with Crippen molar-refractivity contribution in [2.75, 3.05) is 10.5 Å². The predicted molar refractivity (Wildman–Crippen MR) is 84.8 cm³/mol. The molecule has 1 aromatic carbocycles. The van der Waals surface area contributed by atoms with Gasteiger partial charge in [0, 0.05) is 12.7 Å². The van der Waals surface area contributed by atoms with Gasteiger partial charge < -0.3 is 0 Å². The highest BCUT2D eigenvalue weighted by atomic mass is 32.2. The van der Waals surface area contributed by atoms with Crippen LogP contribution in [0.2, 0.25) is 0 Å². The third-order valence-corrected chi connectivity index (χ3v) is 4.68. The first-order valence-corrected chi connectivity index (χ1v) is 8.73. The highest BCUT2D eigenvalue weighted by molar-refractivity contribution is 7.92. The number of aryl methyl sites for hydroxylation is 1. The molecule has 1 heterocycles. The Bertz CT molecular complexity index is 665. The van der Waals surface area contributed by atoms with Crippen molar-refractivity contribution in [2.24, 2.45) is 0 Å². The SMILES string of the molecule is CCCn1cc(NS(=O)(=O)C[C@H](C)c2ccccc2)cn1. The van der Waals surface area contributed by atoms with Crippen molar-refractivity contribution in [1.82, 2.24) is 9.78 Å². The van der Waals surface area contributed by atoms with Crippen LogP contribution in [0.3, 0.4) is 0 Å². The second-order valence-corrected chi connectivity index (χ2v) is 6.95. The van der Waals surface area contributed by atoms with E-state index in [9.17, 15) is 8.42 Å². The van der Waals surface area contributed by atoms with Crippen LogP contribution in [0.15, 0.2) is 42.7 Å². The second-order valence-electron chi connectivity index (χ2n) is 5.19. The van der Waals surface area contributed by atoms with Crippen molar-refractivity contribution < 1.29 is 8.42 Å². The minimum absolute atomic E-state index is 0.0516. The first-order chi connectivity index (χ1) is 10.00. The van der Waals surface area contributed by atoms with Gasteiger partial charge in [-0.2, -0.15) is 5.10 Å². The van der Waals surface area contributed by atoms with Gasteiger partial charge in [0.15, 0.2) is 0 Å². The van der Waals surface area contributed by atoms with E-state index in [1.54, 1.807) is 17.1 Å².